The molecule has 1 amide bonds. The van der Waals surface area contributed by atoms with Crippen LogP contribution in [0.1, 0.15) is 58.3 Å². The molecule has 4 bridgehead atoms. The van der Waals surface area contributed by atoms with E-state index in [1.807, 2.05) is 0 Å². The molecule has 6 rings (SSSR count). The van der Waals surface area contributed by atoms with E-state index in [0.29, 0.717) is 12.8 Å². The third kappa shape index (κ3) is 4.24. The largest absolute Gasteiger partial charge is 0.353 e. The first kappa shape index (κ1) is 24.0. The second-order valence-corrected chi connectivity index (χ2v) is 13.4. The van der Waals surface area contributed by atoms with E-state index in [1.165, 1.54) is 55.0 Å². The van der Waals surface area contributed by atoms with Crippen molar-refractivity contribution in [2.45, 2.75) is 69.2 Å². The summed E-state index contributed by atoms with van der Waals surface area (Å²) in [6.45, 7) is 2.53. The molecule has 5 fully saturated rings. The highest BCUT2D eigenvalue weighted by atomic mass is 35.5. The number of piperidine rings is 1. The van der Waals surface area contributed by atoms with Crippen molar-refractivity contribution in [1.29, 1.82) is 0 Å². The first-order chi connectivity index (χ1) is 16.1. The summed E-state index contributed by atoms with van der Waals surface area (Å²) in [6.07, 6.45) is 8.60. The van der Waals surface area contributed by atoms with Crippen molar-refractivity contribution in [2.75, 3.05) is 13.1 Å². The van der Waals surface area contributed by atoms with E-state index in [-0.39, 0.29) is 52.0 Å². The van der Waals surface area contributed by atoms with E-state index in [1.54, 1.807) is 0 Å². The van der Waals surface area contributed by atoms with Gasteiger partial charge in [-0.25, -0.2) is 8.42 Å². The molecule has 1 aliphatic heterocycles. The Kier molecular flexibility index (Phi) is 6.18. The number of non-ortho nitro benzene ring substituents is 1. The molecule has 34 heavy (non-hydrogen) atoms. The number of rotatable bonds is 6. The van der Waals surface area contributed by atoms with Crippen LogP contribution in [0.15, 0.2) is 23.1 Å². The Morgan fingerprint density at radius 3 is 2.24 bits per heavy atom. The van der Waals surface area contributed by atoms with Gasteiger partial charge in [0.25, 0.3) is 5.69 Å². The standard InChI is InChI=1S/C24H32ClN3O5S/c1-15(24-12-16-8-17(13-24)10-18(9-16)14-24)26-23(29)19-4-6-27(7-5-19)34(32,33)22-11-20(28(30)31)2-3-21(22)25/h2-3,11,15-19H,4-10,12-14H2,1H3,(H,26,29)/t15-,16?,17?,18?,24?/m1/s1. The molecule has 1 aromatic carbocycles. The summed E-state index contributed by atoms with van der Waals surface area (Å²) in [5, 5.41) is 14.4. The number of hydrogen-bond donors (Lipinski definition) is 1. The minimum absolute atomic E-state index is 0.0219. The summed E-state index contributed by atoms with van der Waals surface area (Å²) in [6, 6.07) is 3.56. The zero-order valence-corrected chi connectivity index (χ0v) is 21.0. The van der Waals surface area contributed by atoms with Crippen LogP contribution in [0.25, 0.3) is 0 Å². The van der Waals surface area contributed by atoms with Crippen molar-refractivity contribution in [2.24, 2.45) is 29.1 Å². The third-order valence-corrected chi connectivity index (χ3v) is 11.3. The van der Waals surface area contributed by atoms with Gasteiger partial charge in [0.05, 0.1) is 9.95 Å². The van der Waals surface area contributed by atoms with E-state index >= 15 is 0 Å². The van der Waals surface area contributed by atoms with E-state index in [0.717, 1.165) is 23.8 Å². The van der Waals surface area contributed by atoms with Crippen LogP contribution in [0.2, 0.25) is 5.02 Å². The molecule has 8 nitrogen and oxygen atoms in total. The second-order valence-electron chi connectivity index (χ2n) is 11.1. The molecule has 0 spiro atoms. The van der Waals surface area contributed by atoms with Gasteiger partial charge in [0.1, 0.15) is 4.90 Å². The molecule has 0 radical (unpaired) electrons. The molecule has 1 N–H and O–H groups in total. The smallest absolute Gasteiger partial charge is 0.270 e. The number of sulfonamides is 1. The first-order valence-electron chi connectivity index (χ1n) is 12.3. The van der Waals surface area contributed by atoms with Crippen LogP contribution in [0, 0.1) is 39.2 Å². The van der Waals surface area contributed by atoms with E-state index in [4.69, 9.17) is 11.6 Å². The van der Waals surface area contributed by atoms with Gasteiger partial charge in [0.15, 0.2) is 0 Å². The molecule has 1 heterocycles. The zero-order valence-electron chi connectivity index (χ0n) is 19.4. The lowest BCUT2D eigenvalue weighted by Crippen LogP contribution is -2.56. The predicted molar refractivity (Wildman–Crippen MR) is 128 cm³/mol. The molecule has 1 aromatic rings. The molecule has 0 unspecified atom stereocenters. The average molecular weight is 510 g/mol. The Hall–Kier alpha value is -1.71. The van der Waals surface area contributed by atoms with Crippen LogP contribution < -0.4 is 5.32 Å². The number of nitro benzene ring substituents is 1. The van der Waals surface area contributed by atoms with Gasteiger partial charge in [0, 0.05) is 37.2 Å². The lowest BCUT2D eigenvalue weighted by molar-refractivity contribution is -0.385. The van der Waals surface area contributed by atoms with E-state index in [2.05, 4.69) is 12.2 Å². The highest BCUT2D eigenvalue weighted by Gasteiger charge is 2.53. The molecule has 4 saturated carbocycles. The minimum Gasteiger partial charge on any atom is -0.353 e. The van der Waals surface area contributed by atoms with Gasteiger partial charge in [0.2, 0.25) is 15.9 Å². The van der Waals surface area contributed by atoms with Crippen LogP contribution in [0.4, 0.5) is 5.69 Å². The van der Waals surface area contributed by atoms with Gasteiger partial charge in [-0.3, -0.25) is 14.9 Å². The van der Waals surface area contributed by atoms with Crippen molar-refractivity contribution in [3.05, 3.63) is 33.3 Å². The number of hydrogen-bond acceptors (Lipinski definition) is 5. The van der Waals surface area contributed by atoms with E-state index < -0.39 is 14.9 Å². The van der Waals surface area contributed by atoms with Gasteiger partial charge in [-0.15, -0.1) is 0 Å². The summed E-state index contributed by atoms with van der Waals surface area (Å²) in [7, 11) is -3.99. The lowest BCUT2D eigenvalue weighted by Gasteiger charge is -2.59. The van der Waals surface area contributed by atoms with Crippen molar-refractivity contribution in [1.82, 2.24) is 9.62 Å². The van der Waals surface area contributed by atoms with Gasteiger partial charge < -0.3 is 5.32 Å². The van der Waals surface area contributed by atoms with E-state index in [9.17, 15) is 23.3 Å². The predicted octanol–water partition coefficient (Wildman–Crippen LogP) is 4.37. The van der Waals surface area contributed by atoms with Crippen LogP contribution in [-0.2, 0) is 14.8 Å². The highest BCUT2D eigenvalue weighted by molar-refractivity contribution is 7.89. The second kappa shape index (κ2) is 8.75. The Balaban J connectivity index is 1.21. The normalized spacial score (nSPS) is 32.5. The van der Waals surface area contributed by atoms with Crippen molar-refractivity contribution in [3.8, 4) is 0 Å². The molecular weight excluding hydrogens is 478 g/mol. The summed E-state index contributed by atoms with van der Waals surface area (Å²) in [5.41, 5.74) is -0.0938. The Morgan fingerprint density at radius 2 is 1.71 bits per heavy atom. The van der Waals surface area contributed by atoms with Crippen LogP contribution in [0.3, 0.4) is 0 Å². The van der Waals surface area contributed by atoms with Gasteiger partial charge in [-0.1, -0.05) is 11.6 Å². The number of nitrogens with one attached hydrogen (secondary N) is 1. The van der Waals surface area contributed by atoms with Gasteiger partial charge in [-0.2, -0.15) is 4.31 Å². The lowest BCUT2D eigenvalue weighted by atomic mass is 9.48. The van der Waals surface area contributed by atoms with Crippen molar-refractivity contribution < 1.29 is 18.1 Å². The number of carbonyl (C=O) groups excluding carboxylic acids is 1. The van der Waals surface area contributed by atoms with Crippen LogP contribution in [-0.4, -0.2) is 42.7 Å². The number of benzene rings is 1. The zero-order chi connectivity index (χ0) is 24.3. The summed E-state index contributed by atoms with van der Waals surface area (Å²) in [4.78, 5) is 23.3. The quantitative estimate of drug-likeness (QED) is 0.452. The maximum absolute atomic E-state index is 13.1. The molecule has 1 atom stereocenters. The third-order valence-electron chi connectivity index (χ3n) is 8.93. The van der Waals surface area contributed by atoms with Gasteiger partial charge >= 0.3 is 0 Å². The molecule has 5 aliphatic rings. The van der Waals surface area contributed by atoms with Gasteiger partial charge in [-0.05, 0) is 87.5 Å². The topological polar surface area (TPSA) is 110 Å². The molecule has 0 aromatic heterocycles. The summed E-state index contributed by atoms with van der Waals surface area (Å²) in [5.74, 6) is 2.25. The fourth-order valence-electron chi connectivity index (χ4n) is 7.49. The summed E-state index contributed by atoms with van der Waals surface area (Å²) >= 11 is 6.08. The molecule has 4 aliphatic carbocycles. The van der Waals surface area contributed by atoms with Crippen molar-refractivity contribution in [3.63, 3.8) is 0 Å². The maximum Gasteiger partial charge on any atom is 0.270 e. The number of amides is 1. The number of carbonyl (C=O) groups is 1. The van der Waals surface area contributed by atoms with Crippen LogP contribution in [0.5, 0.6) is 0 Å². The molecule has 186 valence electrons. The number of halogens is 1. The SMILES string of the molecule is C[C@@H](NC(=O)C1CCN(S(=O)(=O)c2cc([N+](=O)[O-])ccc2Cl)CC1)C12CC3CC(CC(C3)C1)C2. The number of nitrogens with zero attached hydrogens (tertiary/aromatic N) is 2. The molecule has 1 saturated heterocycles. The Morgan fingerprint density at radius 1 is 1.15 bits per heavy atom. The summed E-state index contributed by atoms with van der Waals surface area (Å²) < 4.78 is 27.5. The fourth-order valence-corrected chi connectivity index (χ4v) is 9.46. The first-order valence-corrected chi connectivity index (χ1v) is 14.1. The minimum atomic E-state index is -3.99. The Bertz CT molecular complexity index is 1060. The van der Waals surface area contributed by atoms with Crippen LogP contribution >= 0.6 is 11.6 Å². The fraction of sp³-hybridized carbons (Fsp3) is 0.708. The molecular formula is C24H32ClN3O5S. The van der Waals surface area contributed by atoms with Crippen molar-refractivity contribution >= 4 is 33.2 Å². The average Bonchev–Trinajstić information content (AvgIpc) is 2.78. The highest BCUT2D eigenvalue weighted by Crippen LogP contribution is 2.61. The number of nitro groups is 1. The Labute approximate surface area is 205 Å². The molecule has 10 heteroatoms. The monoisotopic (exact) mass is 509 g/mol. The maximum atomic E-state index is 13.1.